The van der Waals surface area contributed by atoms with Gasteiger partial charge in [0, 0.05) is 10.8 Å². The molecular formula is C22H26. The fourth-order valence-corrected chi connectivity index (χ4v) is 4.79. The lowest BCUT2D eigenvalue weighted by Crippen LogP contribution is -2.46. The van der Waals surface area contributed by atoms with E-state index in [9.17, 15) is 0 Å². The molecule has 0 aromatic heterocycles. The Morgan fingerprint density at radius 1 is 0.545 bits per heavy atom. The van der Waals surface area contributed by atoms with E-state index in [-0.39, 0.29) is 10.8 Å². The number of hydrogen-bond acceptors (Lipinski definition) is 0. The molecule has 3 aliphatic carbocycles. The van der Waals surface area contributed by atoms with Gasteiger partial charge in [0.25, 0.3) is 0 Å². The monoisotopic (exact) mass is 290 g/mol. The fraction of sp³-hybridized carbons (Fsp3) is 0.455. The van der Waals surface area contributed by atoms with Gasteiger partial charge in [-0.1, -0.05) is 38.1 Å². The van der Waals surface area contributed by atoms with Crippen LogP contribution in [0.5, 0.6) is 0 Å². The van der Waals surface area contributed by atoms with Crippen molar-refractivity contribution in [2.75, 3.05) is 0 Å². The molecule has 5 rings (SSSR count). The topological polar surface area (TPSA) is 0 Å². The van der Waals surface area contributed by atoms with Crippen LogP contribution < -0.4 is 0 Å². The van der Waals surface area contributed by atoms with Crippen molar-refractivity contribution in [1.29, 1.82) is 0 Å². The second-order valence-corrected chi connectivity index (χ2v) is 8.13. The first-order valence-electron chi connectivity index (χ1n) is 8.52. The normalized spacial score (nSPS) is 28.5. The SMILES string of the molecule is Cc1cc2c(cc1C)C1(C)CCC2(C)c2cc(C)c(C)cc21. The largest absolute Gasteiger partial charge is 0.0546 e. The van der Waals surface area contributed by atoms with Crippen molar-refractivity contribution in [3.8, 4) is 0 Å². The second kappa shape index (κ2) is 4.04. The summed E-state index contributed by atoms with van der Waals surface area (Å²) in [4.78, 5) is 0. The van der Waals surface area contributed by atoms with Crippen LogP contribution in [-0.4, -0.2) is 0 Å². The number of fused-ring (bicyclic) bond motifs is 1. The molecule has 0 unspecified atom stereocenters. The maximum Gasteiger partial charge on any atom is 0.0181 e. The number of hydrogen-bond donors (Lipinski definition) is 0. The Balaban J connectivity index is 2.13. The highest BCUT2D eigenvalue weighted by Crippen LogP contribution is 2.59. The van der Waals surface area contributed by atoms with Crippen LogP contribution in [0.3, 0.4) is 0 Å². The summed E-state index contributed by atoms with van der Waals surface area (Å²) in [5.41, 5.74) is 12.4. The molecule has 0 atom stereocenters. The first kappa shape index (κ1) is 14.1. The molecule has 22 heavy (non-hydrogen) atoms. The molecule has 0 heterocycles. The molecule has 0 saturated heterocycles. The number of rotatable bonds is 0. The summed E-state index contributed by atoms with van der Waals surface area (Å²) in [5, 5.41) is 0. The van der Waals surface area contributed by atoms with Gasteiger partial charge >= 0.3 is 0 Å². The molecule has 0 radical (unpaired) electrons. The minimum Gasteiger partial charge on any atom is -0.0546 e. The number of benzene rings is 2. The first-order chi connectivity index (χ1) is 10.3. The predicted molar refractivity (Wildman–Crippen MR) is 94.0 cm³/mol. The molecule has 0 saturated carbocycles. The van der Waals surface area contributed by atoms with Crippen molar-refractivity contribution in [2.45, 2.75) is 65.2 Å². The van der Waals surface area contributed by atoms with Gasteiger partial charge in [0.2, 0.25) is 0 Å². The van der Waals surface area contributed by atoms with Gasteiger partial charge in [0.1, 0.15) is 0 Å². The van der Waals surface area contributed by atoms with Crippen molar-refractivity contribution >= 4 is 0 Å². The molecule has 0 amide bonds. The Bertz CT molecular complexity index is 680. The molecule has 114 valence electrons. The van der Waals surface area contributed by atoms with E-state index in [1.807, 2.05) is 0 Å². The molecule has 2 bridgehead atoms. The van der Waals surface area contributed by atoms with Crippen molar-refractivity contribution in [3.05, 3.63) is 68.8 Å². The molecule has 2 aromatic rings. The van der Waals surface area contributed by atoms with Gasteiger partial charge in [-0.25, -0.2) is 0 Å². The van der Waals surface area contributed by atoms with Crippen molar-refractivity contribution in [3.63, 3.8) is 0 Å². The summed E-state index contributed by atoms with van der Waals surface area (Å²) in [5.74, 6) is 0. The summed E-state index contributed by atoms with van der Waals surface area (Å²) in [7, 11) is 0. The van der Waals surface area contributed by atoms with Crippen molar-refractivity contribution < 1.29 is 0 Å². The molecule has 0 heteroatoms. The van der Waals surface area contributed by atoms with Gasteiger partial charge in [0.15, 0.2) is 0 Å². The highest BCUT2D eigenvalue weighted by molar-refractivity contribution is 5.64. The molecule has 0 N–H and O–H groups in total. The smallest absolute Gasteiger partial charge is 0.0181 e. The lowest BCUT2D eigenvalue weighted by Gasteiger charge is -2.54. The van der Waals surface area contributed by atoms with Crippen LogP contribution in [0.2, 0.25) is 0 Å². The zero-order chi connectivity index (χ0) is 15.9. The Morgan fingerprint density at radius 2 is 0.773 bits per heavy atom. The van der Waals surface area contributed by atoms with E-state index >= 15 is 0 Å². The summed E-state index contributed by atoms with van der Waals surface area (Å²) >= 11 is 0. The zero-order valence-corrected chi connectivity index (χ0v) is 14.7. The quantitative estimate of drug-likeness (QED) is 0.589. The summed E-state index contributed by atoms with van der Waals surface area (Å²) in [6.07, 6.45) is 2.54. The zero-order valence-electron chi connectivity index (χ0n) is 14.7. The van der Waals surface area contributed by atoms with Crippen LogP contribution in [0.4, 0.5) is 0 Å². The minimum absolute atomic E-state index is 0.194. The molecule has 0 aliphatic heterocycles. The summed E-state index contributed by atoms with van der Waals surface area (Å²) in [6.45, 7) is 13.9. The van der Waals surface area contributed by atoms with Crippen LogP contribution in [0.1, 0.15) is 71.2 Å². The average Bonchev–Trinajstić information content (AvgIpc) is 2.46. The number of aryl methyl sites for hydroxylation is 4. The van der Waals surface area contributed by atoms with Crippen molar-refractivity contribution in [1.82, 2.24) is 0 Å². The Labute approximate surface area is 134 Å². The second-order valence-electron chi connectivity index (χ2n) is 8.13. The molecule has 2 aromatic carbocycles. The van der Waals surface area contributed by atoms with E-state index in [4.69, 9.17) is 0 Å². The summed E-state index contributed by atoms with van der Waals surface area (Å²) in [6, 6.07) is 9.89. The average molecular weight is 290 g/mol. The fourth-order valence-electron chi connectivity index (χ4n) is 4.79. The van der Waals surface area contributed by atoms with Gasteiger partial charge < -0.3 is 0 Å². The van der Waals surface area contributed by atoms with Crippen LogP contribution in [-0.2, 0) is 10.8 Å². The lowest BCUT2D eigenvalue weighted by atomic mass is 9.50. The third kappa shape index (κ3) is 1.49. The van der Waals surface area contributed by atoms with Gasteiger partial charge in [0.05, 0.1) is 0 Å². The minimum atomic E-state index is 0.194. The third-order valence-electron chi connectivity index (χ3n) is 6.77. The highest BCUT2D eigenvalue weighted by Gasteiger charge is 2.51. The third-order valence-corrected chi connectivity index (χ3v) is 6.77. The van der Waals surface area contributed by atoms with E-state index in [0.717, 1.165) is 0 Å². The van der Waals surface area contributed by atoms with Gasteiger partial charge in [-0.3, -0.25) is 0 Å². The van der Waals surface area contributed by atoms with Gasteiger partial charge in [-0.05, 0) is 85.0 Å². The molecular weight excluding hydrogens is 264 g/mol. The van der Waals surface area contributed by atoms with Crippen LogP contribution >= 0.6 is 0 Å². The maximum absolute atomic E-state index is 2.47. The Morgan fingerprint density at radius 3 is 1.00 bits per heavy atom. The first-order valence-corrected chi connectivity index (χ1v) is 8.52. The van der Waals surface area contributed by atoms with Crippen LogP contribution in [0.25, 0.3) is 0 Å². The van der Waals surface area contributed by atoms with E-state index in [1.54, 1.807) is 22.3 Å². The van der Waals surface area contributed by atoms with E-state index in [0.29, 0.717) is 0 Å². The van der Waals surface area contributed by atoms with Gasteiger partial charge in [-0.15, -0.1) is 0 Å². The summed E-state index contributed by atoms with van der Waals surface area (Å²) < 4.78 is 0. The van der Waals surface area contributed by atoms with E-state index in [1.165, 1.54) is 35.1 Å². The van der Waals surface area contributed by atoms with Crippen LogP contribution in [0.15, 0.2) is 24.3 Å². The van der Waals surface area contributed by atoms with E-state index in [2.05, 4.69) is 65.8 Å². The van der Waals surface area contributed by atoms with E-state index < -0.39 is 0 Å². The Hall–Kier alpha value is -1.56. The van der Waals surface area contributed by atoms with Crippen LogP contribution in [0, 0.1) is 27.7 Å². The molecule has 0 spiro atoms. The maximum atomic E-state index is 2.47. The van der Waals surface area contributed by atoms with Gasteiger partial charge in [-0.2, -0.15) is 0 Å². The molecule has 3 aliphatic rings. The lowest BCUT2D eigenvalue weighted by molar-refractivity contribution is 0.326. The predicted octanol–water partition coefficient (Wildman–Crippen LogP) is 5.64. The van der Waals surface area contributed by atoms with Crippen molar-refractivity contribution in [2.24, 2.45) is 0 Å². The Kier molecular flexibility index (Phi) is 2.58. The molecule has 0 fully saturated rings. The standard InChI is InChI=1S/C22H26/c1-13-9-17-18(10-14(13)2)22(6)8-7-21(17,5)19-11-15(3)16(4)12-20(19)22/h9-12H,7-8H2,1-6H3. The molecule has 0 nitrogen and oxygen atoms in total. The highest BCUT2D eigenvalue weighted by atomic mass is 14.5.